The third-order valence-electron chi connectivity index (χ3n) is 5.39. The van der Waals surface area contributed by atoms with Crippen molar-refractivity contribution in [1.29, 1.82) is 0 Å². The molecule has 1 aliphatic heterocycles. The van der Waals surface area contributed by atoms with E-state index in [1.165, 1.54) is 32.6 Å². The van der Waals surface area contributed by atoms with Crippen LogP contribution in [-0.4, -0.2) is 47.8 Å². The summed E-state index contributed by atoms with van der Waals surface area (Å²) in [5.41, 5.74) is 2.01. The summed E-state index contributed by atoms with van der Waals surface area (Å²) >= 11 is 0. The molecule has 3 rings (SSSR count). The fourth-order valence-electron chi connectivity index (χ4n) is 3.96. The summed E-state index contributed by atoms with van der Waals surface area (Å²) in [7, 11) is 0. The number of nitrogens with zero attached hydrogens (tertiary/aromatic N) is 2. The van der Waals surface area contributed by atoms with E-state index in [1.54, 1.807) is 0 Å². The first-order valence-corrected chi connectivity index (χ1v) is 9.47. The van der Waals surface area contributed by atoms with Crippen LogP contribution >= 0.6 is 0 Å². The zero-order valence-corrected chi connectivity index (χ0v) is 15.2. The van der Waals surface area contributed by atoms with E-state index in [4.69, 9.17) is 0 Å². The maximum absolute atomic E-state index is 12.5. The summed E-state index contributed by atoms with van der Waals surface area (Å²) in [6, 6.07) is 7.94. The Hall–Kier alpha value is -1.88. The molecule has 1 aromatic rings. The number of amides is 2. The maximum Gasteiger partial charge on any atom is 0.222 e. The number of rotatable bonds is 5. The molecule has 1 saturated carbocycles. The van der Waals surface area contributed by atoms with Gasteiger partial charge < -0.3 is 10.2 Å². The average molecular weight is 343 g/mol. The molecule has 1 saturated heterocycles. The number of anilines is 1. The predicted molar refractivity (Wildman–Crippen MR) is 99.2 cm³/mol. The molecule has 0 spiro atoms. The highest BCUT2D eigenvalue weighted by molar-refractivity contribution is 5.89. The van der Waals surface area contributed by atoms with Gasteiger partial charge in [0.05, 0.1) is 0 Å². The zero-order valence-electron chi connectivity index (χ0n) is 15.2. The molecule has 1 aromatic carbocycles. The molecular weight excluding hydrogens is 314 g/mol. The number of benzene rings is 1. The minimum atomic E-state index is -0.0465. The van der Waals surface area contributed by atoms with Crippen molar-refractivity contribution in [3.05, 3.63) is 29.8 Å². The highest BCUT2D eigenvalue weighted by atomic mass is 16.2. The van der Waals surface area contributed by atoms with Crippen LogP contribution in [0.4, 0.5) is 5.69 Å². The standard InChI is InChI=1S/C20H29N3O2/c1-16(24)21-19-9-5-4-8-18(19)15-22-10-12-23(13-11-22)20(25)14-17-6-2-3-7-17/h4-5,8-9,17H,2-3,6-7,10-15H2,1H3,(H,21,24). The lowest BCUT2D eigenvalue weighted by atomic mass is 10.0. The number of carbonyl (C=O) groups is 2. The SMILES string of the molecule is CC(=O)Nc1ccccc1CN1CCN(C(=O)CC2CCCC2)CC1. The number of hydrogen-bond acceptors (Lipinski definition) is 3. The van der Waals surface area contributed by atoms with Gasteiger partial charge in [-0.05, 0) is 30.4 Å². The van der Waals surface area contributed by atoms with E-state index in [0.717, 1.165) is 50.4 Å². The van der Waals surface area contributed by atoms with Gasteiger partial charge in [-0.25, -0.2) is 0 Å². The summed E-state index contributed by atoms with van der Waals surface area (Å²) in [5.74, 6) is 0.912. The molecule has 5 nitrogen and oxygen atoms in total. The molecule has 1 N–H and O–H groups in total. The van der Waals surface area contributed by atoms with Crippen molar-refractivity contribution in [1.82, 2.24) is 9.80 Å². The first-order chi connectivity index (χ1) is 12.1. The average Bonchev–Trinajstić information content (AvgIpc) is 3.10. The highest BCUT2D eigenvalue weighted by Crippen LogP contribution is 2.28. The molecule has 5 heteroatoms. The monoisotopic (exact) mass is 343 g/mol. The lowest BCUT2D eigenvalue weighted by Gasteiger charge is -2.35. The Morgan fingerprint density at radius 3 is 2.44 bits per heavy atom. The van der Waals surface area contributed by atoms with Crippen LogP contribution in [0.5, 0.6) is 0 Å². The van der Waals surface area contributed by atoms with Gasteiger partial charge >= 0.3 is 0 Å². The Kier molecular flexibility index (Phi) is 6.08. The topological polar surface area (TPSA) is 52.7 Å². The molecule has 25 heavy (non-hydrogen) atoms. The summed E-state index contributed by atoms with van der Waals surface area (Å²) < 4.78 is 0. The van der Waals surface area contributed by atoms with Crippen LogP contribution in [0.25, 0.3) is 0 Å². The maximum atomic E-state index is 12.5. The van der Waals surface area contributed by atoms with Crippen LogP contribution in [0.2, 0.25) is 0 Å². The van der Waals surface area contributed by atoms with E-state index in [0.29, 0.717) is 11.8 Å². The van der Waals surface area contributed by atoms with Gasteiger partial charge in [0.2, 0.25) is 11.8 Å². The van der Waals surface area contributed by atoms with Gasteiger partial charge in [-0.15, -0.1) is 0 Å². The molecule has 1 aliphatic carbocycles. The van der Waals surface area contributed by atoms with E-state index < -0.39 is 0 Å². The number of piperazine rings is 1. The van der Waals surface area contributed by atoms with Crippen LogP contribution in [0.1, 0.15) is 44.6 Å². The Morgan fingerprint density at radius 1 is 1.08 bits per heavy atom. The fraction of sp³-hybridized carbons (Fsp3) is 0.600. The zero-order chi connectivity index (χ0) is 17.6. The number of hydrogen-bond donors (Lipinski definition) is 1. The third-order valence-corrected chi connectivity index (χ3v) is 5.39. The van der Waals surface area contributed by atoms with Crippen LogP contribution in [-0.2, 0) is 16.1 Å². The first kappa shape index (κ1) is 17.9. The molecule has 0 bridgehead atoms. The Morgan fingerprint density at radius 2 is 1.76 bits per heavy atom. The molecule has 136 valence electrons. The van der Waals surface area contributed by atoms with Crippen LogP contribution < -0.4 is 5.32 Å². The van der Waals surface area contributed by atoms with Crippen molar-refractivity contribution in [2.75, 3.05) is 31.5 Å². The minimum absolute atomic E-state index is 0.0465. The van der Waals surface area contributed by atoms with Crippen molar-refractivity contribution in [2.24, 2.45) is 5.92 Å². The van der Waals surface area contributed by atoms with Gasteiger partial charge in [-0.3, -0.25) is 14.5 Å². The minimum Gasteiger partial charge on any atom is -0.340 e. The summed E-state index contributed by atoms with van der Waals surface area (Å²) in [4.78, 5) is 28.2. The number of para-hydroxylation sites is 1. The number of carbonyl (C=O) groups excluding carboxylic acids is 2. The van der Waals surface area contributed by atoms with E-state index in [-0.39, 0.29) is 5.91 Å². The van der Waals surface area contributed by atoms with Crippen molar-refractivity contribution >= 4 is 17.5 Å². The lowest BCUT2D eigenvalue weighted by Crippen LogP contribution is -2.48. The van der Waals surface area contributed by atoms with Crippen molar-refractivity contribution in [2.45, 2.75) is 45.6 Å². The van der Waals surface area contributed by atoms with Crippen molar-refractivity contribution < 1.29 is 9.59 Å². The summed E-state index contributed by atoms with van der Waals surface area (Å²) in [6.07, 6.45) is 5.78. The van der Waals surface area contributed by atoms with E-state index in [9.17, 15) is 9.59 Å². The number of nitrogens with one attached hydrogen (secondary N) is 1. The smallest absolute Gasteiger partial charge is 0.222 e. The van der Waals surface area contributed by atoms with Gasteiger partial charge in [0.25, 0.3) is 0 Å². The fourth-order valence-corrected chi connectivity index (χ4v) is 3.96. The van der Waals surface area contributed by atoms with E-state index in [1.807, 2.05) is 23.1 Å². The highest BCUT2D eigenvalue weighted by Gasteiger charge is 2.25. The third kappa shape index (κ3) is 5.05. The molecule has 0 atom stereocenters. The largest absolute Gasteiger partial charge is 0.340 e. The van der Waals surface area contributed by atoms with E-state index in [2.05, 4.69) is 16.3 Å². The summed E-state index contributed by atoms with van der Waals surface area (Å²) in [5, 5.41) is 2.90. The lowest BCUT2D eigenvalue weighted by molar-refractivity contribution is -0.134. The first-order valence-electron chi connectivity index (χ1n) is 9.47. The molecule has 0 unspecified atom stereocenters. The molecule has 0 aromatic heterocycles. The van der Waals surface area contributed by atoms with Crippen LogP contribution in [0, 0.1) is 5.92 Å². The van der Waals surface area contributed by atoms with Gasteiger partial charge in [0, 0.05) is 51.8 Å². The van der Waals surface area contributed by atoms with Gasteiger partial charge in [0.1, 0.15) is 0 Å². The van der Waals surface area contributed by atoms with Crippen molar-refractivity contribution in [3.8, 4) is 0 Å². The Labute approximate surface area is 150 Å². The summed E-state index contributed by atoms with van der Waals surface area (Å²) in [6.45, 7) is 5.75. The normalized spacial score (nSPS) is 19.2. The molecule has 1 heterocycles. The Balaban J connectivity index is 1.49. The van der Waals surface area contributed by atoms with Crippen LogP contribution in [0.3, 0.4) is 0 Å². The van der Waals surface area contributed by atoms with Gasteiger partial charge in [-0.1, -0.05) is 31.0 Å². The van der Waals surface area contributed by atoms with Crippen LogP contribution in [0.15, 0.2) is 24.3 Å². The quantitative estimate of drug-likeness (QED) is 0.894. The molecule has 2 aliphatic rings. The second-order valence-corrected chi connectivity index (χ2v) is 7.35. The van der Waals surface area contributed by atoms with Crippen molar-refractivity contribution in [3.63, 3.8) is 0 Å². The molecule has 0 radical (unpaired) electrons. The second-order valence-electron chi connectivity index (χ2n) is 7.35. The van der Waals surface area contributed by atoms with Gasteiger partial charge in [0.15, 0.2) is 0 Å². The Bertz CT molecular complexity index is 603. The molecule has 2 amide bonds. The predicted octanol–water partition coefficient (Wildman–Crippen LogP) is 2.87. The second kappa shape index (κ2) is 8.48. The molecular formula is C20H29N3O2. The van der Waals surface area contributed by atoms with E-state index >= 15 is 0 Å². The molecule has 2 fully saturated rings. The van der Waals surface area contributed by atoms with Gasteiger partial charge in [-0.2, -0.15) is 0 Å².